The molecule has 6 heteroatoms. The van der Waals surface area contributed by atoms with Crippen LogP contribution >= 0.6 is 15.9 Å². The Labute approximate surface area is 133 Å². The molecule has 1 aromatic heterocycles. The molecule has 0 aliphatic rings. The first-order chi connectivity index (χ1) is 10.2. The van der Waals surface area contributed by atoms with Gasteiger partial charge >= 0.3 is 0 Å². The molecule has 1 unspecified atom stereocenters. The van der Waals surface area contributed by atoms with E-state index in [1.807, 2.05) is 4.68 Å². The molecule has 0 aliphatic carbocycles. The highest BCUT2D eigenvalue weighted by molar-refractivity contribution is 9.10. The van der Waals surface area contributed by atoms with Crippen molar-refractivity contribution in [2.75, 3.05) is 13.7 Å². The Morgan fingerprint density at radius 2 is 2.29 bits per heavy atom. The third-order valence-electron chi connectivity index (χ3n) is 3.39. The van der Waals surface area contributed by atoms with E-state index in [1.54, 1.807) is 13.3 Å². The largest absolute Gasteiger partial charge is 0.383 e. The first-order valence-electron chi connectivity index (χ1n) is 6.87. The van der Waals surface area contributed by atoms with Gasteiger partial charge in [-0.15, -0.1) is 0 Å². The molecule has 114 valence electrons. The van der Waals surface area contributed by atoms with Crippen molar-refractivity contribution in [2.45, 2.75) is 25.9 Å². The van der Waals surface area contributed by atoms with Crippen LogP contribution in [0.15, 0.2) is 34.9 Å². The van der Waals surface area contributed by atoms with Gasteiger partial charge in [-0.1, -0.05) is 29.8 Å². The highest BCUT2D eigenvalue weighted by atomic mass is 79.9. The first kappa shape index (κ1) is 16.2. The second kappa shape index (κ2) is 7.70. The van der Waals surface area contributed by atoms with Crippen molar-refractivity contribution in [1.29, 1.82) is 0 Å². The first-order valence-corrected chi connectivity index (χ1v) is 7.66. The Bertz CT molecular complexity index is 585. The number of ether oxygens (including phenoxy) is 1. The summed E-state index contributed by atoms with van der Waals surface area (Å²) in [5.74, 6) is 5.77. The Morgan fingerprint density at radius 1 is 1.48 bits per heavy atom. The third-order valence-corrected chi connectivity index (χ3v) is 4.01. The molecule has 2 aromatic rings. The van der Waals surface area contributed by atoms with E-state index in [1.165, 1.54) is 11.1 Å². The highest BCUT2D eigenvalue weighted by Crippen LogP contribution is 2.26. The normalized spacial score (nSPS) is 12.6. The number of nitrogens with one attached hydrogen (secondary N) is 1. The topological polar surface area (TPSA) is 65.1 Å². The number of nitrogens with zero attached hydrogens (tertiary/aromatic N) is 2. The van der Waals surface area contributed by atoms with Crippen LogP contribution in [0.4, 0.5) is 0 Å². The lowest BCUT2D eigenvalue weighted by Crippen LogP contribution is -2.32. The fraction of sp³-hybridized carbons (Fsp3) is 0.400. The molecule has 0 amide bonds. The second-order valence-corrected chi connectivity index (χ2v) is 5.86. The maximum Gasteiger partial charge on any atom is 0.0713 e. The van der Waals surface area contributed by atoms with E-state index >= 15 is 0 Å². The van der Waals surface area contributed by atoms with Gasteiger partial charge < -0.3 is 4.74 Å². The van der Waals surface area contributed by atoms with Crippen LogP contribution in [0.3, 0.4) is 0 Å². The van der Waals surface area contributed by atoms with Crippen molar-refractivity contribution in [3.8, 4) is 0 Å². The summed E-state index contributed by atoms with van der Waals surface area (Å²) in [6, 6.07) is 8.43. The van der Waals surface area contributed by atoms with Gasteiger partial charge in [0.1, 0.15) is 0 Å². The van der Waals surface area contributed by atoms with E-state index in [2.05, 4.69) is 57.6 Å². The Hall–Kier alpha value is -1.21. The van der Waals surface area contributed by atoms with Gasteiger partial charge in [-0.2, -0.15) is 5.10 Å². The molecule has 3 N–H and O–H groups in total. The van der Waals surface area contributed by atoms with Gasteiger partial charge in [0.15, 0.2) is 0 Å². The molecule has 1 aromatic carbocycles. The standard InChI is InChI=1S/C15H21BrN4O/c1-11-4-3-5-12(8-11)9-14(19-17)15-13(16)10-18-20(15)6-7-21-2/h3-5,8,10,14,19H,6-7,9,17H2,1-2H3. The molecular formula is C15H21BrN4O. The molecule has 2 rings (SSSR count). The maximum absolute atomic E-state index is 5.77. The zero-order chi connectivity index (χ0) is 15.2. The van der Waals surface area contributed by atoms with Crippen molar-refractivity contribution in [1.82, 2.24) is 15.2 Å². The lowest BCUT2D eigenvalue weighted by molar-refractivity contribution is 0.181. The third kappa shape index (κ3) is 4.14. The number of methoxy groups -OCH3 is 1. The van der Waals surface area contributed by atoms with Crippen LogP contribution < -0.4 is 11.3 Å². The number of hydrogen-bond acceptors (Lipinski definition) is 4. The van der Waals surface area contributed by atoms with E-state index < -0.39 is 0 Å². The molecule has 0 bridgehead atoms. The van der Waals surface area contributed by atoms with Gasteiger partial charge in [-0.3, -0.25) is 16.0 Å². The smallest absolute Gasteiger partial charge is 0.0713 e. The molecule has 1 heterocycles. The van der Waals surface area contributed by atoms with Crippen molar-refractivity contribution < 1.29 is 4.74 Å². The van der Waals surface area contributed by atoms with E-state index in [4.69, 9.17) is 10.6 Å². The van der Waals surface area contributed by atoms with Gasteiger partial charge in [-0.05, 0) is 34.8 Å². The van der Waals surface area contributed by atoms with E-state index in [0.717, 1.165) is 16.6 Å². The number of hydrogen-bond donors (Lipinski definition) is 2. The molecule has 0 fully saturated rings. The quantitative estimate of drug-likeness (QED) is 0.592. The van der Waals surface area contributed by atoms with E-state index in [0.29, 0.717) is 13.2 Å². The van der Waals surface area contributed by atoms with Crippen LogP contribution in [0.25, 0.3) is 0 Å². The van der Waals surface area contributed by atoms with Gasteiger partial charge in [0, 0.05) is 7.11 Å². The van der Waals surface area contributed by atoms with Gasteiger partial charge in [0.25, 0.3) is 0 Å². The lowest BCUT2D eigenvalue weighted by Gasteiger charge is -2.19. The molecule has 0 aliphatic heterocycles. The van der Waals surface area contributed by atoms with Crippen molar-refractivity contribution in [3.05, 3.63) is 51.8 Å². The summed E-state index contributed by atoms with van der Waals surface area (Å²) in [6.45, 7) is 3.40. The zero-order valence-corrected chi connectivity index (χ0v) is 13.9. The summed E-state index contributed by atoms with van der Waals surface area (Å²) in [4.78, 5) is 0. The zero-order valence-electron chi connectivity index (χ0n) is 12.3. The highest BCUT2D eigenvalue weighted by Gasteiger charge is 2.19. The van der Waals surface area contributed by atoms with Crippen LogP contribution in [0.2, 0.25) is 0 Å². The van der Waals surface area contributed by atoms with E-state index in [9.17, 15) is 0 Å². The molecule has 1 atom stereocenters. The molecule has 21 heavy (non-hydrogen) atoms. The second-order valence-electron chi connectivity index (χ2n) is 5.01. The fourth-order valence-electron chi connectivity index (χ4n) is 2.38. The Kier molecular flexibility index (Phi) is 5.93. The number of nitrogens with two attached hydrogens (primary N) is 1. The molecule has 0 saturated heterocycles. The Morgan fingerprint density at radius 3 is 2.95 bits per heavy atom. The minimum Gasteiger partial charge on any atom is -0.383 e. The van der Waals surface area contributed by atoms with Crippen molar-refractivity contribution in [3.63, 3.8) is 0 Å². The van der Waals surface area contributed by atoms with Crippen LogP contribution in [0.5, 0.6) is 0 Å². The molecule has 5 nitrogen and oxygen atoms in total. The number of benzene rings is 1. The summed E-state index contributed by atoms with van der Waals surface area (Å²) in [5, 5.41) is 4.38. The monoisotopic (exact) mass is 352 g/mol. The van der Waals surface area contributed by atoms with Crippen LogP contribution in [-0.4, -0.2) is 23.5 Å². The predicted octanol–water partition coefficient (Wildman–Crippen LogP) is 2.35. The van der Waals surface area contributed by atoms with Gasteiger partial charge in [-0.25, -0.2) is 0 Å². The summed E-state index contributed by atoms with van der Waals surface area (Å²) >= 11 is 3.56. The number of aromatic nitrogens is 2. The number of halogens is 1. The van der Waals surface area contributed by atoms with Crippen LogP contribution in [0, 0.1) is 6.92 Å². The summed E-state index contributed by atoms with van der Waals surface area (Å²) in [7, 11) is 1.68. The maximum atomic E-state index is 5.77. The van der Waals surface area contributed by atoms with Crippen molar-refractivity contribution >= 4 is 15.9 Å². The van der Waals surface area contributed by atoms with Crippen LogP contribution in [-0.2, 0) is 17.7 Å². The summed E-state index contributed by atoms with van der Waals surface area (Å²) in [5.41, 5.74) is 6.42. The molecule has 0 saturated carbocycles. The fourth-order valence-corrected chi connectivity index (χ4v) is 2.96. The average molecular weight is 353 g/mol. The SMILES string of the molecule is COCCn1ncc(Br)c1C(Cc1cccc(C)c1)NN. The van der Waals surface area contributed by atoms with Crippen LogP contribution in [0.1, 0.15) is 22.9 Å². The Balaban J connectivity index is 2.22. The lowest BCUT2D eigenvalue weighted by atomic mass is 10.0. The molecular weight excluding hydrogens is 332 g/mol. The number of hydrazine groups is 1. The molecule has 0 radical (unpaired) electrons. The number of rotatable bonds is 7. The van der Waals surface area contributed by atoms with Gasteiger partial charge in [0.05, 0.1) is 35.6 Å². The minimum atomic E-state index is -0.0134. The van der Waals surface area contributed by atoms with Crippen molar-refractivity contribution in [2.24, 2.45) is 5.84 Å². The van der Waals surface area contributed by atoms with E-state index in [-0.39, 0.29) is 6.04 Å². The number of aryl methyl sites for hydroxylation is 1. The average Bonchev–Trinajstić information content (AvgIpc) is 2.83. The van der Waals surface area contributed by atoms with Gasteiger partial charge in [0.2, 0.25) is 0 Å². The summed E-state index contributed by atoms with van der Waals surface area (Å²) < 4.78 is 8.01. The molecule has 0 spiro atoms. The predicted molar refractivity (Wildman–Crippen MR) is 86.8 cm³/mol. The minimum absolute atomic E-state index is 0.0134. The summed E-state index contributed by atoms with van der Waals surface area (Å²) in [6.07, 6.45) is 2.60.